The molecular weight excluding hydrogens is 452 g/mol. The molecule has 1 N–H and O–H groups in total. The number of benzene rings is 1. The standard InChI is InChI=1S/C28H36N6O2/c1-17(2)25-21-11-19(23-13-33(24(35)14-32(6)7)28(4,5)15-36-23)8-9-22(21)31-26(25)20-10-18(3)27-29-16-30-34(27)12-20/h8-12,16-17,23,31H,13-15H2,1-7H3/t23-/m0/s1. The maximum Gasteiger partial charge on any atom is 0.237 e. The molecule has 0 unspecified atom stereocenters. The molecule has 4 heterocycles. The van der Waals surface area contributed by atoms with Gasteiger partial charge >= 0.3 is 0 Å². The third-order valence-electron chi connectivity index (χ3n) is 7.13. The number of hydrogen-bond acceptors (Lipinski definition) is 5. The van der Waals surface area contributed by atoms with Gasteiger partial charge in [-0.25, -0.2) is 9.50 Å². The minimum Gasteiger partial charge on any atom is -0.369 e. The first-order valence-electron chi connectivity index (χ1n) is 12.6. The number of carbonyl (C=O) groups is 1. The van der Waals surface area contributed by atoms with Crippen molar-refractivity contribution in [2.45, 2.75) is 52.2 Å². The average Bonchev–Trinajstić information content (AvgIpc) is 3.42. The molecule has 1 atom stereocenters. The zero-order valence-electron chi connectivity index (χ0n) is 22.3. The number of nitrogens with zero attached hydrogens (tertiary/aromatic N) is 5. The number of nitrogens with one attached hydrogen (secondary N) is 1. The summed E-state index contributed by atoms with van der Waals surface area (Å²) in [6.45, 7) is 12.1. The minimum atomic E-state index is -0.337. The number of fused-ring (bicyclic) bond motifs is 2. The highest BCUT2D eigenvalue weighted by Crippen LogP contribution is 2.38. The third kappa shape index (κ3) is 4.29. The van der Waals surface area contributed by atoms with E-state index in [0.717, 1.165) is 33.5 Å². The number of aromatic nitrogens is 4. The van der Waals surface area contributed by atoms with Gasteiger partial charge in [-0.1, -0.05) is 19.9 Å². The molecule has 1 aliphatic rings. The van der Waals surface area contributed by atoms with E-state index in [-0.39, 0.29) is 17.6 Å². The van der Waals surface area contributed by atoms with Gasteiger partial charge in [0.1, 0.15) is 12.4 Å². The number of carbonyl (C=O) groups excluding carboxylic acids is 1. The van der Waals surface area contributed by atoms with E-state index in [9.17, 15) is 4.79 Å². The van der Waals surface area contributed by atoms with Gasteiger partial charge < -0.3 is 19.5 Å². The molecule has 0 aliphatic carbocycles. The van der Waals surface area contributed by atoms with Gasteiger partial charge in [0.15, 0.2) is 5.65 Å². The van der Waals surface area contributed by atoms with Crippen molar-refractivity contribution in [2.24, 2.45) is 0 Å². The molecule has 1 aromatic carbocycles. The van der Waals surface area contributed by atoms with Crippen molar-refractivity contribution in [1.82, 2.24) is 29.4 Å². The number of aryl methyl sites for hydroxylation is 1. The Balaban J connectivity index is 1.54. The number of hydrogen-bond donors (Lipinski definition) is 1. The normalized spacial score (nSPS) is 18.1. The predicted octanol–water partition coefficient (Wildman–Crippen LogP) is 4.55. The Morgan fingerprint density at radius 3 is 2.78 bits per heavy atom. The molecule has 3 aromatic heterocycles. The van der Waals surface area contributed by atoms with Crippen LogP contribution in [0.3, 0.4) is 0 Å². The molecule has 1 saturated heterocycles. The topological polar surface area (TPSA) is 78.8 Å². The minimum absolute atomic E-state index is 0.130. The second kappa shape index (κ2) is 9.01. The van der Waals surface area contributed by atoms with Gasteiger partial charge in [-0.15, -0.1) is 0 Å². The molecule has 0 saturated carbocycles. The Labute approximate surface area is 212 Å². The van der Waals surface area contributed by atoms with Gasteiger partial charge in [0.25, 0.3) is 0 Å². The van der Waals surface area contributed by atoms with Gasteiger partial charge in [0.2, 0.25) is 5.91 Å². The predicted molar refractivity (Wildman–Crippen MR) is 142 cm³/mol. The van der Waals surface area contributed by atoms with Crippen LogP contribution in [0.4, 0.5) is 0 Å². The van der Waals surface area contributed by atoms with E-state index in [1.165, 1.54) is 10.9 Å². The Morgan fingerprint density at radius 2 is 2.06 bits per heavy atom. The summed E-state index contributed by atoms with van der Waals surface area (Å²) in [6, 6.07) is 8.66. The quantitative estimate of drug-likeness (QED) is 0.446. The monoisotopic (exact) mass is 488 g/mol. The van der Waals surface area contributed by atoms with E-state index in [0.29, 0.717) is 25.6 Å². The molecule has 8 nitrogen and oxygen atoms in total. The lowest BCUT2D eigenvalue weighted by atomic mass is 9.93. The van der Waals surface area contributed by atoms with Crippen molar-refractivity contribution in [3.63, 3.8) is 0 Å². The van der Waals surface area contributed by atoms with E-state index in [1.807, 2.05) is 34.6 Å². The van der Waals surface area contributed by atoms with Crippen LogP contribution in [0.2, 0.25) is 0 Å². The van der Waals surface area contributed by atoms with E-state index < -0.39 is 0 Å². The second-order valence-corrected chi connectivity index (χ2v) is 11.2. The molecule has 1 amide bonds. The first-order valence-corrected chi connectivity index (χ1v) is 12.6. The van der Waals surface area contributed by atoms with Crippen LogP contribution in [0.25, 0.3) is 27.8 Å². The highest BCUT2D eigenvalue weighted by Gasteiger charge is 2.38. The Bertz CT molecular complexity index is 1430. The zero-order chi connectivity index (χ0) is 25.8. The fourth-order valence-electron chi connectivity index (χ4n) is 5.33. The molecule has 8 heteroatoms. The third-order valence-corrected chi connectivity index (χ3v) is 7.13. The Kier molecular flexibility index (Phi) is 6.12. The lowest BCUT2D eigenvalue weighted by molar-refractivity contribution is -0.155. The van der Waals surface area contributed by atoms with Gasteiger partial charge in [0.05, 0.1) is 30.9 Å². The fourth-order valence-corrected chi connectivity index (χ4v) is 5.33. The zero-order valence-corrected chi connectivity index (χ0v) is 22.3. The van der Waals surface area contributed by atoms with Crippen molar-refractivity contribution < 1.29 is 9.53 Å². The molecule has 1 aliphatic heterocycles. The number of likely N-dealkylation sites (N-methyl/N-ethyl adjacent to an activating group) is 1. The molecule has 1 fully saturated rings. The maximum atomic E-state index is 13.0. The van der Waals surface area contributed by atoms with Crippen molar-refractivity contribution >= 4 is 22.5 Å². The van der Waals surface area contributed by atoms with Crippen LogP contribution < -0.4 is 0 Å². The lowest BCUT2D eigenvalue weighted by Gasteiger charge is -2.45. The van der Waals surface area contributed by atoms with Crippen molar-refractivity contribution in [3.8, 4) is 11.3 Å². The Hall–Kier alpha value is -3.23. The van der Waals surface area contributed by atoms with E-state index in [1.54, 1.807) is 6.33 Å². The number of rotatable bonds is 5. The van der Waals surface area contributed by atoms with Crippen LogP contribution >= 0.6 is 0 Å². The number of morpholine rings is 1. The average molecular weight is 489 g/mol. The summed E-state index contributed by atoms with van der Waals surface area (Å²) >= 11 is 0. The lowest BCUT2D eigenvalue weighted by Crippen LogP contribution is -2.57. The highest BCUT2D eigenvalue weighted by molar-refractivity contribution is 5.92. The summed E-state index contributed by atoms with van der Waals surface area (Å²) in [5, 5.41) is 5.55. The number of pyridine rings is 1. The fraction of sp³-hybridized carbons (Fsp3) is 0.464. The van der Waals surface area contributed by atoms with Crippen molar-refractivity contribution in [3.05, 3.63) is 53.5 Å². The SMILES string of the molecule is Cc1cc(-c2[nH]c3ccc([C@@H]4CN(C(=O)CN(C)C)C(C)(C)CO4)cc3c2C(C)C)cn2ncnc12. The van der Waals surface area contributed by atoms with Crippen LogP contribution in [0.5, 0.6) is 0 Å². The second-order valence-electron chi connectivity index (χ2n) is 11.2. The number of ether oxygens (including phenoxy) is 1. The number of amides is 1. The molecule has 0 bridgehead atoms. The smallest absolute Gasteiger partial charge is 0.237 e. The van der Waals surface area contributed by atoms with Gasteiger partial charge in [-0.05, 0) is 75.7 Å². The van der Waals surface area contributed by atoms with Crippen molar-refractivity contribution in [2.75, 3.05) is 33.8 Å². The molecule has 4 aromatic rings. The van der Waals surface area contributed by atoms with Gasteiger partial charge in [-0.2, -0.15) is 5.10 Å². The first kappa shape index (κ1) is 24.5. The first-order chi connectivity index (χ1) is 17.0. The van der Waals surface area contributed by atoms with Crippen LogP contribution in [0.1, 0.15) is 56.4 Å². The molecule has 0 radical (unpaired) electrons. The van der Waals surface area contributed by atoms with E-state index in [4.69, 9.17) is 4.74 Å². The van der Waals surface area contributed by atoms with Crippen molar-refractivity contribution in [1.29, 1.82) is 0 Å². The van der Waals surface area contributed by atoms with Crippen LogP contribution in [0, 0.1) is 6.92 Å². The number of H-pyrrole nitrogens is 1. The van der Waals surface area contributed by atoms with Gasteiger partial charge in [0, 0.05) is 22.7 Å². The van der Waals surface area contributed by atoms with Crippen LogP contribution in [0.15, 0.2) is 36.8 Å². The van der Waals surface area contributed by atoms with Crippen LogP contribution in [-0.4, -0.2) is 74.6 Å². The number of aromatic amines is 1. The summed E-state index contributed by atoms with van der Waals surface area (Å²) in [6.07, 6.45) is 3.46. The molecule has 36 heavy (non-hydrogen) atoms. The summed E-state index contributed by atoms with van der Waals surface area (Å²) in [5.41, 5.74) is 7.25. The molecular formula is C28H36N6O2. The molecule has 0 spiro atoms. The summed E-state index contributed by atoms with van der Waals surface area (Å²) in [7, 11) is 3.85. The highest BCUT2D eigenvalue weighted by atomic mass is 16.5. The Morgan fingerprint density at radius 1 is 1.28 bits per heavy atom. The molecule has 5 rings (SSSR count). The summed E-state index contributed by atoms with van der Waals surface area (Å²) < 4.78 is 8.16. The van der Waals surface area contributed by atoms with Crippen LogP contribution in [-0.2, 0) is 9.53 Å². The molecule has 190 valence electrons. The van der Waals surface area contributed by atoms with E-state index in [2.05, 4.69) is 74.0 Å². The van der Waals surface area contributed by atoms with E-state index >= 15 is 0 Å². The van der Waals surface area contributed by atoms with Gasteiger partial charge in [-0.3, -0.25) is 4.79 Å². The largest absolute Gasteiger partial charge is 0.369 e. The summed E-state index contributed by atoms with van der Waals surface area (Å²) in [4.78, 5) is 25.0. The summed E-state index contributed by atoms with van der Waals surface area (Å²) in [5.74, 6) is 0.435. The maximum absolute atomic E-state index is 13.0.